The normalized spacial score (nSPS) is 15.6. The zero-order valence-electron chi connectivity index (χ0n) is 20.9. The van der Waals surface area contributed by atoms with Gasteiger partial charge in [0.15, 0.2) is 17.5 Å². The van der Waals surface area contributed by atoms with Crippen LogP contribution in [0.25, 0.3) is 5.69 Å². The van der Waals surface area contributed by atoms with Crippen molar-refractivity contribution in [1.82, 2.24) is 9.78 Å². The highest BCUT2D eigenvalue weighted by Gasteiger charge is 2.41. The van der Waals surface area contributed by atoms with Crippen molar-refractivity contribution in [1.29, 1.82) is 0 Å². The summed E-state index contributed by atoms with van der Waals surface area (Å²) < 4.78 is 2.94. The number of fused-ring (bicyclic) bond motifs is 4. The summed E-state index contributed by atoms with van der Waals surface area (Å²) in [6, 6.07) is 34.1. The molecule has 5 aromatic rings. The highest BCUT2D eigenvalue weighted by molar-refractivity contribution is 9.10. The number of hydrogen-bond acceptors (Lipinski definition) is 5. The molecule has 0 radical (unpaired) electrons. The van der Waals surface area contributed by atoms with Crippen molar-refractivity contribution in [2.24, 2.45) is 9.98 Å². The predicted octanol–water partition coefficient (Wildman–Crippen LogP) is 8.39. The van der Waals surface area contributed by atoms with Gasteiger partial charge in [0.2, 0.25) is 0 Å². The van der Waals surface area contributed by atoms with Gasteiger partial charge in [0, 0.05) is 20.7 Å². The average molecular weight is 594 g/mol. The molecule has 0 spiro atoms. The Kier molecular flexibility index (Phi) is 5.83. The Morgan fingerprint density at radius 2 is 1.64 bits per heavy atom. The van der Waals surface area contributed by atoms with Crippen molar-refractivity contribution in [3.63, 3.8) is 0 Å². The molecule has 2 aliphatic heterocycles. The van der Waals surface area contributed by atoms with E-state index in [2.05, 4.69) is 57.3 Å². The van der Waals surface area contributed by atoms with Crippen LogP contribution in [0.2, 0.25) is 5.02 Å². The molecule has 0 saturated carbocycles. The molecule has 7 rings (SSSR count). The minimum Gasteiger partial charge on any atom is -0.337 e. The van der Waals surface area contributed by atoms with Crippen molar-refractivity contribution >= 4 is 62.1 Å². The molecule has 6 nitrogen and oxygen atoms in total. The van der Waals surface area contributed by atoms with Gasteiger partial charge in [-0.1, -0.05) is 76.1 Å². The van der Waals surface area contributed by atoms with E-state index >= 15 is 0 Å². The molecule has 0 fully saturated rings. The van der Waals surface area contributed by atoms with Crippen LogP contribution in [0, 0.1) is 6.92 Å². The van der Waals surface area contributed by atoms with Crippen molar-refractivity contribution in [2.45, 2.75) is 13.0 Å². The fourth-order valence-corrected chi connectivity index (χ4v) is 5.85. The van der Waals surface area contributed by atoms with E-state index in [0.717, 1.165) is 49.9 Å². The topological polar surface area (TPSA) is 57.8 Å². The smallest absolute Gasteiger partial charge is 0.179 e. The van der Waals surface area contributed by atoms with E-state index in [0.29, 0.717) is 16.7 Å². The lowest BCUT2D eigenvalue weighted by atomic mass is 9.93. The third-order valence-electron chi connectivity index (χ3n) is 6.89. The number of halogens is 2. The van der Waals surface area contributed by atoms with Gasteiger partial charge in [0.25, 0.3) is 0 Å². The van der Waals surface area contributed by atoms with E-state index in [1.807, 2.05) is 83.5 Å². The number of anilines is 2. The molecule has 4 aromatic carbocycles. The number of rotatable bonds is 3. The number of amidine groups is 2. The maximum Gasteiger partial charge on any atom is 0.179 e. The summed E-state index contributed by atoms with van der Waals surface area (Å²) >= 11 is 10.0. The van der Waals surface area contributed by atoms with Crippen LogP contribution < -0.4 is 10.2 Å². The van der Waals surface area contributed by atoms with Crippen LogP contribution in [0.1, 0.15) is 22.9 Å². The van der Waals surface area contributed by atoms with Gasteiger partial charge >= 0.3 is 0 Å². The number of benzene rings is 4. The molecule has 3 heterocycles. The monoisotopic (exact) mass is 592 g/mol. The largest absolute Gasteiger partial charge is 0.337 e. The summed E-state index contributed by atoms with van der Waals surface area (Å²) in [5, 5.41) is 9.13. The number of aryl methyl sites for hydroxylation is 1. The fourth-order valence-electron chi connectivity index (χ4n) is 5.24. The van der Waals surface area contributed by atoms with Gasteiger partial charge in [0.1, 0.15) is 0 Å². The summed E-state index contributed by atoms with van der Waals surface area (Å²) in [7, 11) is 0. The maximum atomic E-state index is 6.32. The molecule has 39 heavy (non-hydrogen) atoms. The quantitative estimate of drug-likeness (QED) is 0.229. The Bertz CT molecular complexity index is 1790. The first-order valence-electron chi connectivity index (χ1n) is 12.6. The molecule has 8 heteroatoms. The average Bonchev–Trinajstić information content (AvgIpc) is 3.28. The van der Waals surface area contributed by atoms with Gasteiger partial charge < -0.3 is 10.2 Å². The molecule has 0 saturated heterocycles. The van der Waals surface area contributed by atoms with E-state index < -0.39 is 0 Å². The molecule has 1 aromatic heterocycles. The lowest BCUT2D eigenvalue weighted by Crippen LogP contribution is -2.46. The maximum absolute atomic E-state index is 6.32. The van der Waals surface area contributed by atoms with Crippen LogP contribution >= 0.6 is 27.5 Å². The van der Waals surface area contributed by atoms with E-state index in [9.17, 15) is 0 Å². The third kappa shape index (κ3) is 4.15. The number of para-hydroxylation sites is 3. The van der Waals surface area contributed by atoms with Crippen molar-refractivity contribution < 1.29 is 0 Å². The van der Waals surface area contributed by atoms with Gasteiger partial charge in [0.05, 0.1) is 28.8 Å². The Labute approximate surface area is 239 Å². The van der Waals surface area contributed by atoms with E-state index in [1.165, 1.54) is 0 Å². The van der Waals surface area contributed by atoms with Crippen LogP contribution in [0.3, 0.4) is 0 Å². The molecule has 1 N–H and O–H groups in total. The highest BCUT2D eigenvalue weighted by Crippen LogP contribution is 2.48. The van der Waals surface area contributed by atoms with E-state index in [1.54, 1.807) is 0 Å². The fraction of sp³-hybridized carbons (Fsp3) is 0.0645. The van der Waals surface area contributed by atoms with Crippen LogP contribution in [0.4, 0.5) is 22.9 Å². The Morgan fingerprint density at radius 1 is 0.846 bits per heavy atom. The predicted molar refractivity (Wildman–Crippen MR) is 162 cm³/mol. The first-order chi connectivity index (χ1) is 19.1. The first kappa shape index (κ1) is 23.9. The standard InChI is InChI=1S/C31H22BrClN6/c1-19-27-28(20-9-7-10-21(32)17-20)38-26-16-6-5-15-25(26)35-29(34-23-12-8-11-22(33)18-23)31(38)36-30(27)39(37-19)24-13-3-2-4-14-24/h2-18,28H,1H3,(H,34,35)/t28-/m1/s1. The number of aliphatic imine (C=N–C) groups is 2. The van der Waals surface area contributed by atoms with E-state index in [-0.39, 0.29) is 6.04 Å². The molecular formula is C31H22BrClN6. The van der Waals surface area contributed by atoms with Gasteiger partial charge in [-0.2, -0.15) is 5.10 Å². The van der Waals surface area contributed by atoms with Gasteiger partial charge in [-0.05, 0) is 67.1 Å². The molecule has 1 atom stereocenters. The Hall–Kier alpha value is -4.20. The van der Waals surface area contributed by atoms with Crippen LogP contribution in [0.5, 0.6) is 0 Å². The van der Waals surface area contributed by atoms with Crippen molar-refractivity contribution in [2.75, 3.05) is 10.2 Å². The SMILES string of the molecule is Cc1nn(-c2ccccc2)c2c1[C@@H](c1cccc(Br)c1)N1C(=N2)C(Nc2cccc(Cl)c2)=Nc2ccccc21. The molecule has 2 aliphatic rings. The zero-order valence-corrected chi connectivity index (χ0v) is 23.2. The molecule has 0 aliphatic carbocycles. The summed E-state index contributed by atoms with van der Waals surface area (Å²) in [6.07, 6.45) is 0. The Balaban J connectivity index is 1.51. The molecule has 190 valence electrons. The van der Waals surface area contributed by atoms with Gasteiger partial charge in [-0.25, -0.2) is 14.7 Å². The molecule has 0 bridgehead atoms. The molecule has 0 amide bonds. The number of hydrogen-bond donors (Lipinski definition) is 1. The van der Waals surface area contributed by atoms with Crippen LogP contribution in [-0.4, -0.2) is 21.5 Å². The summed E-state index contributed by atoms with van der Waals surface area (Å²) in [4.78, 5) is 12.6. The molecule has 0 unspecified atom stereocenters. The van der Waals surface area contributed by atoms with E-state index in [4.69, 9.17) is 26.7 Å². The highest BCUT2D eigenvalue weighted by atomic mass is 79.9. The van der Waals surface area contributed by atoms with Gasteiger partial charge in [-0.3, -0.25) is 0 Å². The first-order valence-corrected chi connectivity index (χ1v) is 13.7. The summed E-state index contributed by atoms with van der Waals surface area (Å²) in [5.41, 5.74) is 6.72. The van der Waals surface area contributed by atoms with Crippen molar-refractivity contribution in [3.05, 3.63) is 129 Å². The molecular weight excluding hydrogens is 572 g/mol. The zero-order chi connectivity index (χ0) is 26.5. The number of aromatic nitrogens is 2. The summed E-state index contributed by atoms with van der Waals surface area (Å²) in [5.74, 6) is 2.14. The van der Waals surface area contributed by atoms with Crippen molar-refractivity contribution in [3.8, 4) is 5.69 Å². The second-order valence-electron chi connectivity index (χ2n) is 9.42. The Morgan fingerprint density at radius 3 is 2.46 bits per heavy atom. The minimum atomic E-state index is -0.185. The third-order valence-corrected chi connectivity index (χ3v) is 7.62. The second kappa shape index (κ2) is 9.52. The lowest BCUT2D eigenvalue weighted by molar-refractivity contribution is 0.815. The van der Waals surface area contributed by atoms with Crippen LogP contribution in [-0.2, 0) is 0 Å². The summed E-state index contributed by atoms with van der Waals surface area (Å²) in [6.45, 7) is 2.05. The van der Waals surface area contributed by atoms with Crippen LogP contribution in [0.15, 0.2) is 118 Å². The van der Waals surface area contributed by atoms with Gasteiger partial charge in [-0.15, -0.1) is 0 Å². The number of nitrogens with one attached hydrogen (secondary N) is 1. The minimum absolute atomic E-state index is 0.185. The number of nitrogens with zero attached hydrogens (tertiary/aromatic N) is 5. The second-order valence-corrected chi connectivity index (χ2v) is 10.8. The lowest BCUT2D eigenvalue weighted by Gasteiger charge is -2.40.